The van der Waals surface area contributed by atoms with Crippen LogP contribution >= 0.6 is 11.6 Å². The van der Waals surface area contributed by atoms with E-state index in [1.165, 1.54) is 36.5 Å². The molecule has 0 atom stereocenters. The molecule has 5 nitrogen and oxygen atoms in total. The van der Waals surface area contributed by atoms with Crippen LogP contribution in [0.1, 0.15) is 5.56 Å². The molecule has 0 bridgehead atoms. The molecule has 0 saturated carbocycles. The van der Waals surface area contributed by atoms with Crippen LogP contribution in [0.15, 0.2) is 71.9 Å². The summed E-state index contributed by atoms with van der Waals surface area (Å²) in [5.41, 5.74) is 0.801. The van der Waals surface area contributed by atoms with Crippen molar-refractivity contribution in [2.75, 3.05) is 4.31 Å². The van der Waals surface area contributed by atoms with Gasteiger partial charge in [-0.3, -0.25) is 4.98 Å². The first-order valence-electron chi connectivity index (χ1n) is 7.88. The van der Waals surface area contributed by atoms with Gasteiger partial charge in [-0.1, -0.05) is 42.5 Å². The van der Waals surface area contributed by atoms with Crippen molar-refractivity contribution < 1.29 is 21.6 Å². The van der Waals surface area contributed by atoms with Crippen LogP contribution in [0.5, 0.6) is 0 Å². The molecule has 146 valence electrons. The van der Waals surface area contributed by atoms with Gasteiger partial charge < -0.3 is 0 Å². The van der Waals surface area contributed by atoms with Crippen LogP contribution in [0, 0.1) is 0 Å². The first kappa shape index (κ1) is 20.1. The van der Waals surface area contributed by atoms with Gasteiger partial charge in [-0.2, -0.15) is 4.31 Å². The van der Waals surface area contributed by atoms with Gasteiger partial charge in [-0.15, -0.1) is 24.8 Å². The average Bonchev–Trinajstić information content (AvgIpc) is 2.68. The Morgan fingerprint density at radius 1 is 0.929 bits per heavy atom. The molecule has 0 aliphatic heterocycles. The highest BCUT2D eigenvalue weighted by atomic mass is 35.5. The van der Waals surface area contributed by atoms with E-state index < -0.39 is 31.3 Å². The zero-order valence-corrected chi connectivity index (χ0v) is 15.7. The lowest BCUT2D eigenvalue weighted by molar-refractivity contribution is -0.116. The molecule has 28 heavy (non-hydrogen) atoms. The van der Waals surface area contributed by atoms with E-state index in [-0.39, 0.29) is 17.1 Å². The highest BCUT2D eigenvalue weighted by Crippen LogP contribution is 2.38. The minimum absolute atomic E-state index is 0.222. The lowest BCUT2D eigenvalue weighted by atomic mass is 10.1. The van der Waals surface area contributed by atoms with Crippen molar-refractivity contribution in [2.24, 2.45) is 0 Å². The van der Waals surface area contributed by atoms with E-state index >= 15 is 0 Å². The fourth-order valence-electron chi connectivity index (χ4n) is 2.50. The summed E-state index contributed by atoms with van der Waals surface area (Å²) < 4.78 is 66.5. The Hall–Kier alpha value is -2.65. The van der Waals surface area contributed by atoms with Crippen molar-refractivity contribution in [1.29, 1.82) is 0 Å². The van der Waals surface area contributed by atoms with Crippen molar-refractivity contribution in [1.82, 2.24) is 9.97 Å². The van der Waals surface area contributed by atoms with Gasteiger partial charge >= 0.3 is 6.30 Å². The molecule has 0 unspecified atom stereocenters. The molecule has 0 N–H and O–H groups in total. The van der Waals surface area contributed by atoms with Gasteiger partial charge in [0.1, 0.15) is 5.69 Å². The Labute approximate surface area is 164 Å². The summed E-state index contributed by atoms with van der Waals surface area (Å²) >= 11 is 5.73. The zero-order valence-electron chi connectivity index (χ0n) is 14.1. The summed E-state index contributed by atoms with van der Waals surface area (Å²) in [6, 6.07) is 12.6. The molecular weight excluding hydrogens is 415 g/mol. The van der Waals surface area contributed by atoms with Crippen LogP contribution in [0.4, 0.5) is 19.0 Å². The predicted molar refractivity (Wildman–Crippen MR) is 99.2 cm³/mol. The summed E-state index contributed by atoms with van der Waals surface area (Å²) in [6.45, 7) is 0. The number of halogens is 4. The fraction of sp³-hybridized carbons (Fsp3) is 0.111. The largest absolute Gasteiger partial charge is 0.500 e. The summed E-state index contributed by atoms with van der Waals surface area (Å²) in [7, 11) is -4.97. The second kappa shape index (κ2) is 7.76. The number of rotatable bonds is 5. The molecule has 0 spiro atoms. The van der Waals surface area contributed by atoms with Gasteiger partial charge in [0.25, 0.3) is 10.0 Å². The van der Waals surface area contributed by atoms with Crippen LogP contribution in [0.25, 0.3) is 11.3 Å². The van der Waals surface area contributed by atoms with E-state index in [9.17, 15) is 21.6 Å². The van der Waals surface area contributed by atoms with Gasteiger partial charge in [-0.25, -0.2) is 13.4 Å². The van der Waals surface area contributed by atoms with Gasteiger partial charge in [0.15, 0.2) is 5.82 Å². The summed E-state index contributed by atoms with van der Waals surface area (Å²) in [6.07, 6.45) is -3.06. The first-order valence-corrected chi connectivity index (χ1v) is 9.86. The molecule has 10 heteroatoms. The molecule has 0 aliphatic carbocycles. The number of hydrogen-bond donors (Lipinski definition) is 0. The van der Waals surface area contributed by atoms with Gasteiger partial charge in [0.2, 0.25) is 0 Å². The van der Waals surface area contributed by atoms with Crippen molar-refractivity contribution >= 4 is 27.4 Å². The smallest absolute Gasteiger partial charge is 0.251 e. The predicted octanol–water partition coefficient (Wildman–Crippen LogP) is 4.60. The van der Waals surface area contributed by atoms with E-state index in [0.717, 1.165) is 23.9 Å². The minimum atomic E-state index is -5.25. The lowest BCUT2D eigenvalue weighted by Crippen LogP contribution is -2.43. The van der Waals surface area contributed by atoms with E-state index in [2.05, 4.69) is 9.97 Å². The maximum Gasteiger partial charge on any atom is 0.500 e. The Morgan fingerprint density at radius 3 is 2.11 bits per heavy atom. The quantitative estimate of drug-likeness (QED) is 0.441. The second-order valence-electron chi connectivity index (χ2n) is 5.61. The van der Waals surface area contributed by atoms with Crippen LogP contribution in [0.3, 0.4) is 0 Å². The molecular formula is C18H13ClF3N3O2S. The highest BCUT2D eigenvalue weighted by molar-refractivity contribution is 7.92. The monoisotopic (exact) mass is 427 g/mol. The Balaban J connectivity index is 2.20. The van der Waals surface area contributed by atoms with Crippen LogP contribution < -0.4 is 4.31 Å². The fourth-order valence-corrected chi connectivity index (χ4v) is 4.03. The van der Waals surface area contributed by atoms with Crippen molar-refractivity contribution in [3.8, 4) is 11.3 Å². The molecule has 0 fully saturated rings. The van der Waals surface area contributed by atoms with E-state index in [0.29, 0.717) is 0 Å². The van der Waals surface area contributed by atoms with Gasteiger partial charge in [0.05, 0.1) is 4.90 Å². The molecule has 1 aromatic heterocycles. The van der Waals surface area contributed by atoms with Gasteiger partial charge in [-0.05, 0) is 17.7 Å². The SMILES string of the molecule is O=S(=O)(c1ccccc1)N(c1nccnc1-c1ccc(CCl)cc1)C(F)(F)F. The second-order valence-corrected chi connectivity index (χ2v) is 7.66. The maximum absolute atomic E-state index is 13.9. The van der Waals surface area contributed by atoms with Crippen LogP contribution in [-0.4, -0.2) is 24.7 Å². The van der Waals surface area contributed by atoms with Crippen LogP contribution in [-0.2, 0) is 15.9 Å². The molecule has 1 heterocycles. The normalized spacial score (nSPS) is 12.0. The molecule has 0 amide bonds. The molecule has 3 aromatic rings. The first-order chi connectivity index (χ1) is 13.2. The molecule has 0 saturated heterocycles. The minimum Gasteiger partial charge on any atom is -0.251 e. The van der Waals surface area contributed by atoms with Gasteiger partial charge in [0, 0.05) is 23.8 Å². The standard InChI is InChI=1S/C18H13ClF3N3O2S/c19-12-13-6-8-14(9-7-13)16-17(24-11-10-23-16)25(18(20,21)22)28(26,27)15-4-2-1-3-5-15/h1-11H,12H2. The third-order valence-electron chi connectivity index (χ3n) is 3.76. The van der Waals surface area contributed by atoms with Crippen molar-refractivity contribution in [3.05, 3.63) is 72.6 Å². The number of hydrogen-bond acceptors (Lipinski definition) is 4. The average molecular weight is 428 g/mol. The van der Waals surface area contributed by atoms with E-state index in [1.54, 1.807) is 12.1 Å². The van der Waals surface area contributed by atoms with E-state index in [1.807, 2.05) is 0 Å². The highest BCUT2D eigenvalue weighted by Gasteiger charge is 2.48. The topological polar surface area (TPSA) is 63.2 Å². The molecule has 2 aromatic carbocycles. The third-order valence-corrected chi connectivity index (χ3v) is 5.80. The Bertz CT molecular complexity index is 1060. The summed E-state index contributed by atoms with van der Waals surface area (Å²) in [5, 5.41) is 0. The summed E-state index contributed by atoms with van der Waals surface area (Å²) in [4.78, 5) is 7.13. The Kier molecular flexibility index (Phi) is 5.57. The molecule has 3 rings (SSSR count). The lowest BCUT2D eigenvalue weighted by Gasteiger charge is -2.26. The molecule has 0 radical (unpaired) electrons. The summed E-state index contributed by atoms with van der Waals surface area (Å²) in [5.74, 6) is -0.609. The van der Waals surface area contributed by atoms with E-state index in [4.69, 9.17) is 11.6 Å². The van der Waals surface area contributed by atoms with Crippen LogP contribution in [0.2, 0.25) is 0 Å². The number of sulfonamides is 1. The van der Waals surface area contributed by atoms with Crippen molar-refractivity contribution in [2.45, 2.75) is 17.1 Å². The third kappa shape index (κ3) is 3.95. The molecule has 0 aliphatic rings. The number of aromatic nitrogens is 2. The zero-order chi connectivity index (χ0) is 20.4. The maximum atomic E-state index is 13.9. The van der Waals surface area contributed by atoms with Crippen molar-refractivity contribution in [3.63, 3.8) is 0 Å². The number of benzene rings is 2. The number of anilines is 1. The Morgan fingerprint density at radius 2 is 1.54 bits per heavy atom. The number of nitrogens with zero attached hydrogens (tertiary/aromatic N) is 3. The number of alkyl halides is 4.